The van der Waals surface area contributed by atoms with Crippen LogP contribution in [-0.2, 0) is 16.6 Å². The smallest absolute Gasteiger partial charge is 0.326 e. The molecule has 20 heavy (non-hydrogen) atoms. The molecule has 114 valence electrons. The normalized spacial score (nSPS) is 12.9. The van der Waals surface area contributed by atoms with Gasteiger partial charge in [0, 0.05) is 20.1 Å². The lowest BCUT2D eigenvalue weighted by Crippen LogP contribution is -2.31. The van der Waals surface area contributed by atoms with Crippen LogP contribution < -0.4 is 5.73 Å². The SMILES string of the molecule is Cc1cc(CN)ccc1S(=O)(=O)N(C)CCC(F)(F)F. The van der Waals surface area contributed by atoms with Crippen molar-refractivity contribution in [3.05, 3.63) is 29.3 Å². The number of halogens is 3. The fourth-order valence-corrected chi connectivity index (χ4v) is 3.07. The van der Waals surface area contributed by atoms with E-state index in [1.165, 1.54) is 6.07 Å². The van der Waals surface area contributed by atoms with Gasteiger partial charge in [0.1, 0.15) is 0 Å². The highest BCUT2D eigenvalue weighted by Crippen LogP contribution is 2.23. The first-order chi connectivity index (χ1) is 9.08. The lowest BCUT2D eigenvalue weighted by atomic mass is 10.1. The summed E-state index contributed by atoms with van der Waals surface area (Å²) in [6.07, 6.45) is -5.56. The zero-order valence-corrected chi connectivity index (χ0v) is 12.1. The Morgan fingerprint density at radius 2 is 1.90 bits per heavy atom. The molecule has 2 N–H and O–H groups in total. The third-order valence-electron chi connectivity index (χ3n) is 2.87. The molecule has 0 heterocycles. The van der Waals surface area contributed by atoms with E-state index >= 15 is 0 Å². The summed E-state index contributed by atoms with van der Waals surface area (Å²) in [5.74, 6) is 0. The standard InChI is InChI=1S/C12H17F3N2O2S/c1-9-7-10(8-16)3-4-11(9)20(18,19)17(2)6-5-12(13,14)15/h3-4,7H,5-6,8,16H2,1-2H3. The zero-order chi connectivity index (χ0) is 15.6. The van der Waals surface area contributed by atoms with Crippen LogP contribution in [0.5, 0.6) is 0 Å². The number of nitrogens with two attached hydrogens (primary N) is 1. The molecule has 1 aromatic carbocycles. The van der Waals surface area contributed by atoms with E-state index in [1.807, 2.05) is 0 Å². The van der Waals surface area contributed by atoms with Crippen LogP contribution in [0, 0.1) is 6.92 Å². The Balaban J connectivity index is 2.98. The van der Waals surface area contributed by atoms with Crippen LogP contribution in [0.15, 0.2) is 23.1 Å². The molecule has 0 unspecified atom stereocenters. The predicted molar refractivity (Wildman–Crippen MR) is 69.6 cm³/mol. The van der Waals surface area contributed by atoms with E-state index in [4.69, 9.17) is 5.73 Å². The summed E-state index contributed by atoms with van der Waals surface area (Å²) in [5.41, 5.74) is 6.68. The monoisotopic (exact) mass is 310 g/mol. The average Bonchev–Trinajstić information content (AvgIpc) is 2.34. The van der Waals surface area contributed by atoms with Crippen LogP contribution in [0.1, 0.15) is 17.5 Å². The summed E-state index contributed by atoms with van der Waals surface area (Å²) in [6.45, 7) is 1.25. The molecule has 0 bridgehead atoms. The summed E-state index contributed by atoms with van der Waals surface area (Å²) in [7, 11) is -2.79. The van der Waals surface area contributed by atoms with Gasteiger partial charge in [-0.05, 0) is 24.1 Å². The van der Waals surface area contributed by atoms with Gasteiger partial charge in [-0.3, -0.25) is 0 Å². The van der Waals surface area contributed by atoms with E-state index in [0.29, 0.717) is 9.87 Å². The second-order valence-corrected chi connectivity index (χ2v) is 6.51. The molecule has 0 atom stereocenters. The van der Waals surface area contributed by atoms with Crippen molar-refractivity contribution in [1.82, 2.24) is 4.31 Å². The molecule has 8 heteroatoms. The van der Waals surface area contributed by atoms with Crippen LogP contribution in [0.3, 0.4) is 0 Å². The van der Waals surface area contributed by atoms with Crippen LogP contribution in [-0.4, -0.2) is 32.5 Å². The molecule has 0 aliphatic heterocycles. The first-order valence-corrected chi connectivity index (χ1v) is 7.34. The second kappa shape index (κ2) is 6.11. The Hall–Kier alpha value is -1.12. The molecule has 0 aliphatic carbocycles. The second-order valence-electron chi connectivity index (χ2n) is 4.50. The summed E-state index contributed by atoms with van der Waals surface area (Å²) >= 11 is 0. The van der Waals surface area contributed by atoms with E-state index in [9.17, 15) is 21.6 Å². The van der Waals surface area contributed by atoms with E-state index in [2.05, 4.69) is 0 Å². The van der Waals surface area contributed by atoms with Crippen LogP contribution in [0.2, 0.25) is 0 Å². The molecular weight excluding hydrogens is 293 g/mol. The number of aryl methyl sites for hydroxylation is 1. The number of sulfonamides is 1. The molecular formula is C12H17F3N2O2S. The summed E-state index contributed by atoms with van der Waals surface area (Å²) in [4.78, 5) is -0.000579. The molecule has 0 aliphatic rings. The van der Waals surface area contributed by atoms with Crippen molar-refractivity contribution in [2.75, 3.05) is 13.6 Å². The molecule has 1 aromatic rings. The van der Waals surface area contributed by atoms with Crippen molar-refractivity contribution in [2.45, 2.75) is 31.0 Å². The predicted octanol–water partition coefficient (Wildman–Crippen LogP) is 2.03. The van der Waals surface area contributed by atoms with Gasteiger partial charge in [0.2, 0.25) is 10.0 Å². The van der Waals surface area contributed by atoms with Crippen molar-refractivity contribution >= 4 is 10.0 Å². The molecule has 0 spiro atoms. The number of rotatable bonds is 5. The van der Waals surface area contributed by atoms with E-state index in [1.54, 1.807) is 19.1 Å². The third-order valence-corrected chi connectivity index (χ3v) is 4.89. The number of nitrogens with zero attached hydrogens (tertiary/aromatic N) is 1. The van der Waals surface area contributed by atoms with Crippen LogP contribution in [0.25, 0.3) is 0 Å². The zero-order valence-electron chi connectivity index (χ0n) is 11.2. The number of hydrogen-bond acceptors (Lipinski definition) is 3. The largest absolute Gasteiger partial charge is 0.390 e. The Bertz CT molecular complexity index is 571. The van der Waals surface area contributed by atoms with Crippen molar-refractivity contribution in [3.63, 3.8) is 0 Å². The average molecular weight is 310 g/mol. The number of benzene rings is 1. The van der Waals surface area contributed by atoms with Crippen molar-refractivity contribution in [3.8, 4) is 0 Å². The molecule has 0 saturated carbocycles. The Morgan fingerprint density at radius 1 is 1.30 bits per heavy atom. The van der Waals surface area contributed by atoms with E-state index in [0.717, 1.165) is 12.6 Å². The summed E-state index contributed by atoms with van der Waals surface area (Å²) in [5, 5.41) is 0. The van der Waals surface area contributed by atoms with Gasteiger partial charge in [-0.2, -0.15) is 13.2 Å². The maximum absolute atomic E-state index is 12.2. The molecule has 1 rings (SSSR count). The Labute approximate surface area is 116 Å². The maximum atomic E-state index is 12.2. The number of alkyl halides is 3. The van der Waals surface area contributed by atoms with Gasteiger partial charge in [0.05, 0.1) is 11.3 Å². The first-order valence-electron chi connectivity index (χ1n) is 5.90. The fourth-order valence-electron chi connectivity index (χ4n) is 1.70. The van der Waals surface area contributed by atoms with Gasteiger partial charge in [-0.25, -0.2) is 12.7 Å². The third kappa shape index (κ3) is 4.19. The Morgan fingerprint density at radius 3 is 2.35 bits per heavy atom. The Kier molecular flexibility index (Phi) is 5.17. The topological polar surface area (TPSA) is 63.4 Å². The highest BCUT2D eigenvalue weighted by atomic mass is 32.2. The van der Waals surface area contributed by atoms with Crippen molar-refractivity contribution in [2.24, 2.45) is 5.73 Å². The van der Waals surface area contributed by atoms with Gasteiger partial charge < -0.3 is 5.73 Å². The van der Waals surface area contributed by atoms with Crippen LogP contribution >= 0.6 is 0 Å². The number of hydrogen-bond donors (Lipinski definition) is 1. The molecule has 0 saturated heterocycles. The minimum absolute atomic E-state index is 0.000579. The highest BCUT2D eigenvalue weighted by molar-refractivity contribution is 7.89. The quantitative estimate of drug-likeness (QED) is 0.905. The lowest BCUT2D eigenvalue weighted by Gasteiger charge is -2.19. The van der Waals surface area contributed by atoms with E-state index < -0.39 is 29.2 Å². The summed E-state index contributed by atoms with van der Waals surface area (Å²) in [6, 6.07) is 4.54. The molecule has 0 aromatic heterocycles. The van der Waals surface area contributed by atoms with Gasteiger partial charge in [0.15, 0.2) is 0 Å². The van der Waals surface area contributed by atoms with E-state index in [-0.39, 0.29) is 11.4 Å². The van der Waals surface area contributed by atoms with Crippen molar-refractivity contribution in [1.29, 1.82) is 0 Å². The molecule has 4 nitrogen and oxygen atoms in total. The molecule has 0 radical (unpaired) electrons. The van der Waals surface area contributed by atoms with Gasteiger partial charge >= 0.3 is 6.18 Å². The fraction of sp³-hybridized carbons (Fsp3) is 0.500. The van der Waals surface area contributed by atoms with Crippen molar-refractivity contribution < 1.29 is 21.6 Å². The highest BCUT2D eigenvalue weighted by Gasteiger charge is 2.30. The molecule has 0 amide bonds. The lowest BCUT2D eigenvalue weighted by molar-refractivity contribution is -0.135. The maximum Gasteiger partial charge on any atom is 0.390 e. The van der Waals surface area contributed by atoms with Gasteiger partial charge in [-0.15, -0.1) is 0 Å². The minimum atomic E-state index is -4.39. The summed E-state index contributed by atoms with van der Waals surface area (Å²) < 4.78 is 61.6. The van der Waals surface area contributed by atoms with Crippen LogP contribution in [0.4, 0.5) is 13.2 Å². The minimum Gasteiger partial charge on any atom is -0.326 e. The first kappa shape index (κ1) is 16.9. The van der Waals surface area contributed by atoms with Gasteiger partial charge in [0.25, 0.3) is 0 Å². The molecule has 0 fully saturated rings. The van der Waals surface area contributed by atoms with Gasteiger partial charge in [-0.1, -0.05) is 12.1 Å².